The lowest BCUT2D eigenvalue weighted by Crippen LogP contribution is -2.50. The van der Waals surface area contributed by atoms with Crippen LogP contribution in [-0.2, 0) is 4.74 Å². The molecule has 0 saturated carbocycles. The minimum atomic E-state index is 0.0337. The fourth-order valence-electron chi connectivity index (χ4n) is 2.55. The summed E-state index contributed by atoms with van der Waals surface area (Å²) in [6.45, 7) is 6.19. The quantitative estimate of drug-likeness (QED) is 0.696. The Kier molecular flexibility index (Phi) is 6.41. The first-order chi connectivity index (χ1) is 8.04. The van der Waals surface area contributed by atoms with Gasteiger partial charge in [-0.25, -0.2) is 0 Å². The van der Waals surface area contributed by atoms with E-state index >= 15 is 0 Å². The molecule has 4 heteroatoms. The minimum Gasteiger partial charge on any atom is -0.395 e. The Morgan fingerprint density at radius 1 is 1.47 bits per heavy atom. The van der Waals surface area contributed by atoms with Gasteiger partial charge in [0.05, 0.1) is 12.7 Å². The maximum atomic E-state index is 9.49. The second-order valence-electron chi connectivity index (χ2n) is 5.62. The SMILES string of the molecule is CC(C)CC(N)C(CO)N(C)CC1CCCO1. The highest BCUT2D eigenvalue weighted by atomic mass is 16.5. The van der Waals surface area contributed by atoms with E-state index in [1.807, 2.05) is 7.05 Å². The van der Waals surface area contributed by atoms with E-state index in [2.05, 4.69) is 18.7 Å². The van der Waals surface area contributed by atoms with E-state index in [0.29, 0.717) is 12.0 Å². The predicted molar refractivity (Wildman–Crippen MR) is 69.9 cm³/mol. The molecule has 3 atom stereocenters. The van der Waals surface area contributed by atoms with Gasteiger partial charge in [-0.3, -0.25) is 4.90 Å². The van der Waals surface area contributed by atoms with Crippen LogP contribution in [0.3, 0.4) is 0 Å². The summed E-state index contributed by atoms with van der Waals surface area (Å²) in [4.78, 5) is 2.16. The molecular formula is C13H28N2O2. The van der Waals surface area contributed by atoms with E-state index in [1.165, 1.54) is 0 Å². The monoisotopic (exact) mass is 244 g/mol. The Morgan fingerprint density at radius 2 is 2.18 bits per heavy atom. The van der Waals surface area contributed by atoms with Crippen molar-refractivity contribution in [1.29, 1.82) is 0 Å². The molecule has 0 amide bonds. The molecule has 0 spiro atoms. The topological polar surface area (TPSA) is 58.7 Å². The molecule has 1 fully saturated rings. The van der Waals surface area contributed by atoms with E-state index in [0.717, 1.165) is 32.4 Å². The third-order valence-corrected chi connectivity index (χ3v) is 3.51. The fourth-order valence-corrected chi connectivity index (χ4v) is 2.55. The van der Waals surface area contributed by atoms with Crippen LogP contribution < -0.4 is 5.73 Å². The van der Waals surface area contributed by atoms with Gasteiger partial charge in [-0.05, 0) is 32.2 Å². The normalized spacial score (nSPS) is 24.5. The van der Waals surface area contributed by atoms with Crippen molar-refractivity contribution < 1.29 is 9.84 Å². The van der Waals surface area contributed by atoms with Crippen molar-refractivity contribution in [2.75, 3.05) is 26.8 Å². The van der Waals surface area contributed by atoms with Gasteiger partial charge in [-0.2, -0.15) is 0 Å². The van der Waals surface area contributed by atoms with Crippen molar-refractivity contribution >= 4 is 0 Å². The number of nitrogens with zero attached hydrogens (tertiary/aromatic N) is 1. The molecule has 3 unspecified atom stereocenters. The Balaban J connectivity index is 2.41. The number of aliphatic hydroxyl groups excluding tert-OH is 1. The largest absolute Gasteiger partial charge is 0.395 e. The van der Waals surface area contributed by atoms with Crippen LogP contribution in [0.5, 0.6) is 0 Å². The van der Waals surface area contributed by atoms with Crippen molar-refractivity contribution in [1.82, 2.24) is 4.90 Å². The summed E-state index contributed by atoms with van der Waals surface area (Å²) in [5, 5.41) is 9.49. The third-order valence-electron chi connectivity index (χ3n) is 3.51. The smallest absolute Gasteiger partial charge is 0.0702 e. The summed E-state index contributed by atoms with van der Waals surface area (Å²) in [6, 6.07) is 0.0769. The molecule has 102 valence electrons. The van der Waals surface area contributed by atoms with Crippen LogP contribution >= 0.6 is 0 Å². The summed E-state index contributed by atoms with van der Waals surface area (Å²) in [6.07, 6.45) is 3.55. The molecule has 17 heavy (non-hydrogen) atoms. The summed E-state index contributed by atoms with van der Waals surface area (Å²) in [7, 11) is 2.03. The number of aliphatic hydroxyl groups is 1. The summed E-state index contributed by atoms with van der Waals surface area (Å²) in [5.74, 6) is 0.565. The first-order valence-electron chi connectivity index (χ1n) is 6.72. The molecule has 0 radical (unpaired) electrons. The van der Waals surface area contributed by atoms with Crippen molar-refractivity contribution in [3.8, 4) is 0 Å². The van der Waals surface area contributed by atoms with Crippen molar-refractivity contribution in [2.45, 2.75) is 51.3 Å². The van der Waals surface area contributed by atoms with Gasteiger partial charge in [0, 0.05) is 25.2 Å². The van der Waals surface area contributed by atoms with Crippen LogP contribution in [0, 0.1) is 5.92 Å². The van der Waals surface area contributed by atoms with Gasteiger partial charge in [-0.1, -0.05) is 13.8 Å². The van der Waals surface area contributed by atoms with Crippen molar-refractivity contribution in [3.63, 3.8) is 0 Å². The Labute approximate surface area is 105 Å². The Morgan fingerprint density at radius 3 is 2.65 bits per heavy atom. The zero-order chi connectivity index (χ0) is 12.8. The molecule has 1 heterocycles. The average Bonchev–Trinajstić information content (AvgIpc) is 2.70. The summed E-state index contributed by atoms with van der Waals surface area (Å²) < 4.78 is 5.61. The molecule has 1 aliphatic rings. The van der Waals surface area contributed by atoms with E-state index in [9.17, 15) is 5.11 Å². The van der Waals surface area contributed by atoms with Gasteiger partial charge < -0.3 is 15.6 Å². The van der Waals surface area contributed by atoms with E-state index < -0.39 is 0 Å². The zero-order valence-electron chi connectivity index (χ0n) is 11.4. The molecule has 0 aliphatic carbocycles. The summed E-state index contributed by atoms with van der Waals surface area (Å²) in [5.41, 5.74) is 6.16. The highest BCUT2D eigenvalue weighted by Gasteiger charge is 2.26. The number of hydrogen-bond acceptors (Lipinski definition) is 4. The summed E-state index contributed by atoms with van der Waals surface area (Å²) >= 11 is 0. The van der Waals surface area contributed by atoms with Gasteiger partial charge in [0.1, 0.15) is 0 Å². The standard InChI is InChI=1S/C13H28N2O2/c1-10(2)7-12(14)13(9-16)15(3)8-11-5-4-6-17-11/h10-13,16H,4-9,14H2,1-3H3. The maximum Gasteiger partial charge on any atom is 0.0702 e. The van der Waals surface area contributed by atoms with Crippen molar-refractivity contribution in [3.05, 3.63) is 0 Å². The molecule has 4 nitrogen and oxygen atoms in total. The number of likely N-dealkylation sites (N-methyl/N-ethyl adjacent to an activating group) is 1. The van der Waals surface area contributed by atoms with Crippen LogP contribution in [0.1, 0.15) is 33.1 Å². The molecular weight excluding hydrogens is 216 g/mol. The van der Waals surface area contributed by atoms with E-state index in [-0.39, 0.29) is 18.7 Å². The Bertz CT molecular complexity index is 206. The van der Waals surface area contributed by atoms with Crippen LogP contribution in [0.15, 0.2) is 0 Å². The van der Waals surface area contributed by atoms with Crippen LogP contribution in [0.4, 0.5) is 0 Å². The molecule has 3 N–H and O–H groups in total. The second-order valence-corrected chi connectivity index (χ2v) is 5.62. The molecule has 0 bridgehead atoms. The minimum absolute atomic E-state index is 0.0337. The lowest BCUT2D eigenvalue weighted by atomic mass is 9.97. The zero-order valence-corrected chi connectivity index (χ0v) is 11.4. The molecule has 0 aromatic heterocycles. The first kappa shape index (κ1) is 14.9. The number of rotatable bonds is 7. The fraction of sp³-hybridized carbons (Fsp3) is 1.00. The number of nitrogens with two attached hydrogens (primary N) is 1. The third kappa shape index (κ3) is 4.92. The van der Waals surface area contributed by atoms with E-state index in [4.69, 9.17) is 10.5 Å². The molecule has 1 saturated heterocycles. The highest BCUT2D eigenvalue weighted by molar-refractivity contribution is 4.83. The van der Waals surface area contributed by atoms with Gasteiger partial charge in [-0.15, -0.1) is 0 Å². The lowest BCUT2D eigenvalue weighted by molar-refractivity contribution is 0.0461. The van der Waals surface area contributed by atoms with E-state index in [1.54, 1.807) is 0 Å². The van der Waals surface area contributed by atoms with Gasteiger partial charge >= 0.3 is 0 Å². The molecule has 1 rings (SSSR count). The predicted octanol–water partition coefficient (Wildman–Crippen LogP) is 0.832. The van der Waals surface area contributed by atoms with Gasteiger partial charge in [0.15, 0.2) is 0 Å². The average molecular weight is 244 g/mol. The van der Waals surface area contributed by atoms with Gasteiger partial charge in [0.2, 0.25) is 0 Å². The van der Waals surface area contributed by atoms with Crippen LogP contribution in [0.25, 0.3) is 0 Å². The first-order valence-corrected chi connectivity index (χ1v) is 6.72. The van der Waals surface area contributed by atoms with Crippen molar-refractivity contribution in [2.24, 2.45) is 11.7 Å². The number of ether oxygens (including phenoxy) is 1. The van der Waals surface area contributed by atoms with Crippen LogP contribution in [0.2, 0.25) is 0 Å². The second kappa shape index (κ2) is 7.31. The van der Waals surface area contributed by atoms with Gasteiger partial charge in [0.25, 0.3) is 0 Å². The lowest BCUT2D eigenvalue weighted by Gasteiger charge is -2.33. The Hall–Kier alpha value is -0.160. The van der Waals surface area contributed by atoms with Crippen LogP contribution in [-0.4, -0.2) is 55.0 Å². The molecule has 0 aromatic carbocycles. The maximum absolute atomic E-state index is 9.49. The highest BCUT2D eigenvalue weighted by Crippen LogP contribution is 2.16. The molecule has 1 aliphatic heterocycles. The molecule has 0 aromatic rings. The number of hydrogen-bond donors (Lipinski definition) is 2.